The number of nitrogens with zero attached hydrogens (tertiary/aromatic N) is 4. The van der Waals surface area contributed by atoms with E-state index in [0.29, 0.717) is 10.0 Å². The molecule has 3 aromatic heterocycles. The fourth-order valence-electron chi connectivity index (χ4n) is 2.92. The van der Waals surface area contributed by atoms with Gasteiger partial charge in [-0.25, -0.2) is 30.9 Å². The van der Waals surface area contributed by atoms with Crippen LogP contribution >= 0.6 is 0 Å². The van der Waals surface area contributed by atoms with Crippen molar-refractivity contribution in [2.24, 2.45) is 0 Å². The third-order valence-corrected chi connectivity index (χ3v) is 5.97. The second kappa shape index (κ2) is 8.85. The molecule has 8 nitrogen and oxygen atoms in total. The average Bonchev–Trinajstić information content (AvgIpc) is 3.04. The first-order valence-electron chi connectivity index (χ1n) is 9.62. The largest absolute Gasteiger partial charge is 0.444 e. The molecule has 0 aliphatic heterocycles. The van der Waals surface area contributed by atoms with E-state index in [-0.39, 0.29) is 12.1 Å². The number of hydrogen-bond acceptors (Lipinski definition) is 6. The molecule has 12 heteroatoms. The smallest absolute Gasteiger partial charge is 0.410 e. The summed E-state index contributed by atoms with van der Waals surface area (Å²) >= 11 is 0. The van der Waals surface area contributed by atoms with Crippen LogP contribution in [0, 0.1) is 17.6 Å². The Labute approximate surface area is 188 Å². The highest BCUT2D eigenvalue weighted by atomic mass is 32.2. The molecule has 0 bridgehead atoms. The Bertz CT molecular complexity index is 1300. The zero-order valence-corrected chi connectivity index (χ0v) is 19.0. The molecule has 0 saturated heterocycles. The van der Waals surface area contributed by atoms with Crippen molar-refractivity contribution in [1.29, 1.82) is 0 Å². The quantitative estimate of drug-likeness (QED) is 0.511. The molecule has 0 fully saturated rings. The van der Waals surface area contributed by atoms with Gasteiger partial charge < -0.3 is 9.64 Å². The summed E-state index contributed by atoms with van der Waals surface area (Å²) in [4.78, 5) is 19.7. The molecule has 0 N–H and O–H groups in total. The van der Waals surface area contributed by atoms with Crippen molar-refractivity contribution in [2.45, 2.75) is 37.8 Å². The predicted octanol–water partition coefficient (Wildman–Crippen LogP) is 3.97. The molecule has 0 unspecified atom stereocenters. The maximum absolute atomic E-state index is 15.5. The van der Waals surface area contributed by atoms with Crippen LogP contribution in [-0.4, -0.2) is 46.0 Å². The van der Waals surface area contributed by atoms with Crippen molar-refractivity contribution in [3.8, 4) is 11.3 Å². The van der Waals surface area contributed by atoms with E-state index in [2.05, 4.69) is 9.97 Å². The summed E-state index contributed by atoms with van der Waals surface area (Å²) in [6.45, 7) is 4.57. The Kier molecular flexibility index (Phi) is 6.50. The molecule has 0 aromatic carbocycles. The lowest BCUT2D eigenvalue weighted by molar-refractivity contribution is 0.0284. The number of rotatable bonds is 5. The van der Waals surface area contributed by atoms with Gasteiger partial charge >= 0.3 is 6.09 Å². The van der Waals surface area contributed by atoms with E-state index in [4.69, 9.17) is 4.74 Å². The summed E-state index contributed by atoms with van der Waals surface area (Å²) in [5, 5.41) is 0. The molecule has 3 heterocycles. The van der Waals surface area contributed by atoms with Gasteiger partial charge in [0.25, 0.3) is 10.0 Å². The molecule has 0 atom stereocenters. The maximum atomic E-state index is 15.5. The van der Waals surface area contributed by atoms with Gasteiger partial charge in [0, 0.05) is 31.2 Å². The van der Waals surface area contributed by atoms with Gasteiger partial charge in [0.05, 0.1) is 18.3 Å². The SMILES string of the molecule is CN(Cc1cn(S(=O)(=O)c2cncc(F)c2)c(-c2cccnc2F)c1F)C(=O)OC(C)(C)C. The highest BCUT2D eigenvalue weighted by molar-refractivity contribution is 7.90. The number of carbonyl (C=O) groups is 1. The van der Waals surface area contributed by atoms with Crippen LogP contribution in [0.25, 0.3) is 11.3 Å². The molecule has 1 amide bonds. The van der Waals surface area contributed by atoms with Gasteiger partial charge in [0.1, 0.15) is 22.0 Å². The second-order valence-electron chi connectivity index (χ2n) is 8.13. The Morgan fingerprint density at radius 1 is 1.21 bits per heavy atom. The second-order valence-corrected chi connectivity index (χ2v) is 9.95. The summed E-state index contributed by atoms with van der Waals surface area (Å²) in [6, 6.07) is 3.16. The van der Waals surface area contributed by atoms with E-state index < -0.39 is 55.5 Å². The minimum absolute atomic E-state index is 0.241. The van der Waals surface area contributed by atoms with Gasteiger partial charge in [0.2, 0.25) is 5.95 Å². The normalized spacial score (nSPS) is 12.0. The molecule has 0 saturated carbocycles. The van der Waals surface area contributed by atoms with E-state index in [1.807, 2.05) is 0 Å². The summed E-state index contributed by atoms with van der Waals surface area (Å²) in [5.41, 5.74) is -2.14. The first-order valence-corrected chi connectivity index (χ1v) is 11.1. The van der Waals surface area contributed by atoms with Crippen molar-refractivity contribution in [1.82, 2.24) is 18.8 Å². The van der Waals surface area contributed by atoms with Crippen LogP contribution in [0.15, 0.2) is 47.9 Å². The van der Waals surface area contributed by atoms with Gasteiger partial charge in [-0.2, -0.15) is 4.39 Å². The number of halogens is 3. The molecular formula is C21H21F3N4O4S. The van der Waals surface area contributed by atoms with Crippen molar-refractivity contribution in [3.05, 3.63) is 66.1 Å². The van der Waals surface area contributed by atoms with E-state index >= 15 is 4.39 Å². The topological polar surface area (TPSA) is 94.4 Å². The monoisotopic (exact) mass is 482 g/mol. The standard InChI is InChI=1S/C21H21F3N4O4S/c1-21(2,3)32-20(29)27(4)11-13-12-28(33(30,31)15-8-14(22)9-25-10-15)18(17(13)23)16-6-5-7-26-19(16)24/h5-10,12H,11H2,1-4H3. The lowest BCUT2D eigenvalue weighted by Gasteiger charge is -2.24. The predicted molar refractivity (Wildman–Crippen MR) is 112 cm³/mol. The van der Waals surface area contributed by atoms with Crippen LogP contribution in [0.1, 0.15) is 26.3 Å². The van der Waals surface area contributed by atoms with Crippen molar-refractivity contribution >= 4 is 16.1 Å². The van der Waals surface area contributed by atoms with Crippen molar-refractivity contribution < 1.29 is 31.1 Å². The van der Waals surface area contributed by atoms with Gasteiger partial charge in [-0.1, -0.05) is 0 Å². The Balaban J connectivity index is 2.15. The molecule has 0 spiro atoms. The zero-order valence-electron chi connectivity index (χ0n) is 18.2. The summed E-state index contributed by atoms with van der Waals surface area (Å²) in [6.07, 6.45) is 2.93. The summed E-state index contributed by atoms with van der Waals surface area (Å²) in [7, 11) is -3.27. The number of hydrogen-bond donors (Lipinski definition) is 0. The molecule has 3 rings (SSSR count). The fourth-order valence-corrected chi connectivity index (χ4v) is 4.29. The molecule has 0 aliphatic carbocycles. The van der Waals surface area contributed by atoms with Crippen molar-refractivity contribution in [2.75, 3.05) is 7.05 Å². The molecule has 33 heavy (non-hydrogen) atoms. The zero-order chi connectivity index (χ0) is 24.6. The average molecular weight is 482 g/mol. The Hall–Kier alpha value is -3.41. The van der Waals surface area contributed by atoms with E-state index in [1.54, 1.807) is 20.8 Å². The number of aromatic nitrogens is 3. The minimum atomic E-state index is -4.60. The Morgan fingerprint density at radius 2 is 1.91 bits per heavy atom. The summed E-state index contributed by atoms with van der Waals surface area (Å²) in [5.74, 6) is -3.14. The number of carbonyl (C=O) groups excluding carboxylic acids is 1. The molecule has 0 aliphatic rings. The Morgan fingerprint density at radius 3 is 2.52 bits per heavy atom. The fraction of sp³-hybridized carbons (Fsp3) is 0.286. The molecule has 3 aromatic rings. The lowest BCUT2D eigenvalue weighted by atomic mass is 10.1. The molecule has 176 valence electrons. The number of ether oxygens (including phenoxy) is 1. The molecule has 0 radical (unpaired) electrons. The van der Waals surface area contributed by atoms with Crippen LogP contribution in [0.3, 0.4) is 0 Å². The van der Waals surface area contributed by atoms with E-state index in [0.717, 1.165) is 35.8 Å². The van der Waals surface area contributed by atoms with Crippen LogP contribution in [-0.2, 0) is 21.3 Å². The van der Waals surface area contributed by atoms with Crippen LogP contribution in [0.5, 0.6) is 0 Å². The van der Waals surface area contributed by atoms with Crippen LogP contribution in [0.2, 0.25) is 0 Å². The van der Waals surface area contributed by atoms with Crippen LogP contribution < -0.4 is 0 Å². The summed E-state index contributed by atoms with van der Waals surface area (Å²) < 4.78 is 75.7. The lowest BCUT2D eigenvalue weighted by Crippen LogP contribution is -2.33. The third kappa shape index (κ3) is 5.16. The van der Waals surface area contributed by atoms with E-state index in [9.17, 15) is 22.0 Å². The van der Waals surface area contributed by atoms with Gasteiger partial charge in [-0.15, -0.1) is 0 Å². The highest BCUT2D eigenvalue weighted by Crippen LogP contribution is 2.32. The maximum Gasteiger partial charge on any atom is 0.410 e. The first-order chi connectivity index (χ1) is 15.3. The van der Waals surface area contributed by atoms with Gasteiger partial charge in [0.15, 0.2) is 5.82 Å². The minimum Gasteiger partial charge on any atom is -0.444 e. The van der Waals surface area contributed by atoms with Crippen molar-refractivity contribution in [3.63, 3.8) is 0 Å². The van der Waals surface area contributed by atoms with E-state index in [1.165, 1.54) is 13.1 Å². The number of pyridine rings is 2. The third-order valence-electron chi connectivity index (χ3n) is 4.35. The molecular weight excluding hydrogens is 461 g/mol. The highest BCUT2D eigenvalue weighted by Gasteiger charge is 2.30. The first kappa shape index (κ1) is 24.2. The van der Waals surface area contributed by atoms with Crippen LogP contribution in [0.4, 0.5) is 18.0 Å². The number of amides is 1. The van der Waals surface area contributed by atoms with Gasteiger partial charge in [-0.05, 0) is 39.0 Å². The van der Waals surface area contributed by atoms with Gasteiger partial charge in [-0.3, -0.25) is 4.98 Å².